The molecule has 0 aliphatic heterocycles. The molecule has 0 spiro atoms. The lowest BCUT2D eigenvalue weighted by Gasteiger charge is -2.00. The summed E-state index contributed by atoms with van der Waals surface area (Å²) in [5.41, 5.74) is 2.15. The summed E-state index contributed by atoms with van der Waals surface area (Å²) in [6, 6.07) is 15.7. The number of nitrogens with zero attached hydrogens (tertiary/aromatic N) is 1. The first-order valence-electron chi connectivity index (χ1n) is 5.32. The molecule has 0 aliphatic carbocycles. The Hall–Kier alpha value is -1.92. The SMILES string of the molecule is N#C/C(=C\c1ccc(Br)cc1)c1ccc(F)cc1. The molecule has 1 nitrogen and oxygen atoms in total. The van der Waals surface area contributed by atoms with Gasteiger partial charge in [-0.2, -0.15) is 5.26 Å². The molecular weight excluding hydrogens is 293 g/mol. The molecule has 18 heavy (non-hydrogen) atoms. The average molecular weight is 302 g/mol. The first kappa shape index (κ1) is 12.5. The van der Waals surface area contributed by atoms with Gasteiger partial charge in [-0.3, -0.25) is 0 Å². The summed E-state index contributed by atoms with van der Waals surface area (Å²) in [5, 5.41) is 9.14. The highest BCUT2D eigenvalue weighted by Gasteiger charge is 2.01. The van der Waals surface area contributed by atoms with Crippen LogP contribution in [0.4, 0.5) is 4.39 Å². The van der Waals surface area contributed by atoms with Gasteiger partial charge in [0, 0.05) is 4.47 Å². The molecule has 0 N–H and O–H groups in total. The van der Waals surface area contributed by atoms with Crippen LogP contribution in [0.25, 0.3) is 11.6 Å². The maximum Gasteiger partial charge on any atom is 0.123 e. The summed E-state index contributed by atoms with van der Waals surface area (Å²) in [6.07, 6.45) is 1.78. The topological polar surface area (TPSA) is 23.8 Å². The largest absolute Gasteiger partial charge is 0.207 e. The van der Waals surface area contributed by atoms with Crippen molar-refractivity contribution >= 4 is 27.6 Å². The Kier molecular flexibility index (Phi) is 3.91. The molecule has 88 valence electrons. The number of hydrogen-bond acceptors (Lipinski definition) is 1. The van der Waals surface area contributed by atoms with Crippen LogP contribution in [0.5, 0.6) is 0 Å². The van der Waals surface area contributed by atoms with Crippen LogP contribution in [-0.4, -0.2) is 0 Å². The predicted molar refractivity (Wildman–Crippen MR) is 74.0 cm³/mol. The van der Waals surface area contributed by atoms with Crippen molar-refractivity contribution in [2.75, 3.05) is 0 Å². The van der Waals surface area contributed by atoms with Crippen LogP contribution in [0.15, 0.2) is 53.0 Å². The molecule has 0 saturated carbocycles. The van der Waals surface area contributed by atoms with Gasteiger partial charge < -0.3 is 0 Å². The van der Waals surface area contributed by atoms with Crippen molar-refractivity contribution in [3.63, 3.8) is 0 Å². The van der Waals surface area contributed by atoms with Crippen LogP contribution in [0.1, 0.15) is 11.1 Å². The third kappa shape index (κ3) is 3.06. The van der Waals surface area contributed by atoms with Crippen molar-refractivity contribution in [2.24, 2.45) is 0 Å². The van der Waals surface area contributed by atoms with Crippen LogP contribution >= 0.6 is 15.9 Å². The quantitative estimate of drug-likeness (QED) is 0.585. The van der Waals surface area contributed by atoms with Gasteiger partial charge in [0.25, 0.3) is 0 Å². The standard InChI is InChI=1S/C15H9BrFN/c16-14-5-1-11(2-6-14)9-13(10-18)12-3-7-15(17)8-4-12/h1-9H/b13-9+. The van der Waals surface area contributed by atoms with Gasteiger partial charge in [0.15, 0.2) is 0 Å². The second kappa shape index (κ2) is 5.61. The highest BCUT2D eigenvalue weighted by molar-refractivity contribution is 9.10. The molecule has 3 heteroatoms. The van der Waals surface area contributed by atoms with Crippen molar-refractivity contribution in [1.29, 1.82) is 5.26 Å². The lowest BCUT2D eigenvalue weighted by atomic mass is 10.0. The van der Waals surface area contributed by atoms with Crippen LogP contribution in [0.3, 0.4) is 0 Å². The zero-order valence-corrected chi connectivity index (χ0v) is 11.0. The van der Waals surface area contributed by atoms with Crippen LogP contribution < -0.4 is 0 Å². The minimum absolute atomic E-state index is 0.306. The number of rotatable bonds is 2. The van der Waals surface area contributed by atoms with E-state index in [1.165, 1.54) is 12.1 Å². The van der Waals surface area contributed by atoms with Gasteiger partial charge in [-0.15, -0.1) is 0 Å². The van der Waals surface area contributed by atoms with E-state index >= 15 is 0 Å². The van der Waals surface area contributed by atoms with Gasteiger partial charge in [0.1, 0.15) is 5.82 Å². The summed E-state index contributed by atoms with van der Waals surface area (Å²) in [4.78, 5) is 0. The number of nitriles is 1. The van der Waals surface area contributed by atoms with E-state index in [1.807, 2.05) is 24.3 Å². The normalized spacial score (nSPS) is 11.1. The Morgan fingerprint density at radius 1 is 1.06 bits per heavy atom. The summed E-state index contributed by atoms with van der Waals surface area (Å²) < 4.78 is 13.8. The molecule has 0 bridgehead atoms. The number of allylic oxidation sites excluding steroid dienone is 1. The monoisotopic (exact) mass is 301 g/mol. The van der Waals surface area contributed by atoms with Crippen molar-refractivity contribution in [2.45, 2.75) is 0 Å². The van der Waals surface area contributed by atoms with E-state index in [9.17, 15) is 4.39 Å². The molecule has 0 saturated heterocycles. The third-order valence-electron chi connectivity index (χ3n) is 2.46. The Bertz CT molecular complexity index is 606. The number of benzene rings is 2. The predicted octanol–water partition coefficient (Wildman–Crippen LogP) is 4.65. The fraction of sp³-hybridized carbons (Fsp3) is 0. The van der Waals surface area contributed by atoms with Crippen molar-refractivity contribution in [3.05, 3.63) is 69.9 Å². The lowest BCUT2D eigenvalue weighted by molar-refractivity contribution is 0.627. The molecule has 0 amide bonds. The average Bonchev–Trinajstić information content (AvgIpc) is 2.39. The molecule has 0 atom stereocenters. The van der Waals surface area contributed by atoms with Gasteiger partial charge in [-0.1, -0.05) is 40.2 Å². The second-order valence-corrected chi connectivity index (χ2v) is 4.64. The zero-order chi connectivity index (χ0) is 13.0. The fourth-order valence-corrected chi connectivity index (χ4v) is 1.80. The zero-order valence-electron chi connectivity index (χ0n) is 9.40. The minimum atomic E-state index is -0.306. The molecular formula is C15H9BrFN. The maximum absolute atomic E-state index is 12.8. The maximum atomic E-state index is 12.8. The van der Waals surface area contributed by atoms with Gasteiger partial charge in [0.2, 0.25) is 0 Å². The van der Waals surface area contributed by atoms with Gasteiger partial charge >= 0.3 is 0 Å². The second-order valence-electron chi connectivity index (χ2n) is 3.73. The van der Waals surface area contributed by atoms with Crippen molar-refractivity contribution < 1.29 is 4.39 Å². The Morgan fingerprint density at radius 3 is 2.22 bits per heavy atom. The summed E-state index contributed by atoms with van der Waals surface area (Å²) in [5.74, 6) is -0.306. The van der Waals surface area contributed by atoms with Crippen molar-refractivity contribution in [3.8, 4) is 6.07 Å². The van der Waals surface area contributed by atoms with E-state index in [4.69, 9.17) is 5.26 Å². The molecule has 0 radical (unpaired) electrons. The smallest absolute Gasteiger partial charge is 0.123 e. The van der Waals surface area contributed by atoms with Crippen LogP contribution in [-0.2, 0) is 0 Å². The van der Waals surface area contributed by atoms with Gasteiger partial charge in [0.05, 0.1) is 11.6 Å². The molecule has 0 fully saturated rings. The van der Waals surface area contributed by atoms with E-state index in [0.29, 0.717) is 11.1 Å². The lowest BCUT2D eigenvalue weighted by Crippen LogP contribution is -1.83. The summed E-state index contributed by atoms with van der Waals surface area (Å²) >= 11 is 3.35. The molecule has 2 aromatic rings. The summed E-state index contributed by atoms with van der Waals surface area (Å²) in [7, 11) is 0. The third-order valence-corrected chi connectivity index (χ3v) is 2.99. The minimum Gasteiger partial charge on any atom is -0.207 e. The number of hydrogen-bond donors (Lipinski definition) is 0. The summed E-state index contributed by atoms with van der Waals surface area (Å²) in [6.45, 7) is 0. The first-order chi connectivity index (χ1) is 8.69. The Balaban J connectivity index is 2.37. The van der Waals surface area contributed by atoms with Gasteiger partial charge in [-0.25, -0.2) is 4.39 Å². The van der Waals surface area contributed by atoms with E-state index in [0.717, 1.165) is 10.0 Å². The van der Waals surface area contributed by atoms with E-state index in [1.54, 1.807) is 18.2 Å². The Morgan fingerprint density at radius 2 is 1.67 bits per heavy atom. The number of halogens is 2. The van der Waals surface area contributed by atoms with Crippen LogP contribution in [0, 0.1) is 17.1 Å². The fourth-order valence-electron chi connectivity index (χ4n) is 1.54. The van der Waals surface area contributed by atoms with Gasteiger partial charge in [-0.05, 0) is 41.5 Å². The highest BCUT2D eigenvalue weighted by Crippen LogP contribution is 2.19. The van der Waals surface area contributed by atoms with E-state index < -0.39 is 0 Å². The first-order valence-corrected chi connectivity index (χ1v) is 6.11. The molecule has 2 aromatic carbocycles. The van der Waals surface area contributed by atoms with Crippen molar-refractivity contribution in [1.82, 2.24) is 0 Å². The molecule has 0 aromatic heterocycles. The highest BCUT2D eigenvalue weighted by atomic mass is 79.9. The van der Waals surface area contributed by atoms with E-state index in [2.05, 4.69) is 22.0 Å². The molecule has 0 unspecified atom stereocenters. The molecule has 0 aliphatic rings. The molecule has 0 heterocycles. The van der Waals surface area contributed by atoms with E-state index in [-0.39, 0.29) is 5.82 Å². The van der Waals surface area contributed by atoms with Crippen LogP contribution in [0.2, 0.25) is 0 Å². The Labute approximate surface area is 113 Å². The molecule has 2 rings (SSSR count).